The smallest absolute Gasteiger partial charge is 0.325 e. The van der Waals surface area contributed by atoms with Gasteiger partial charge in [0, 0.05) is 30.7 Å². The Morgan fingerprint density at radius 2 is 1.80 bits per heavy atom. The molecule has 1 saturated heterocycles. The fourth-order valence-corrected chi connectivity index (χ4v) is 2.62. The van der Waals surface area contributed by atoms with Gasteiger partial charge in [-0.3, -0.25) is 19.5 Å². The third kappa shape index (κ3) is 3.35. The number of urea groups is 1. The Bertz CT molecular complexity index is 805. The number of rotatable bonds is 4. The number of hydrogen-bond acceptors (Lipinski definition) is 4. The maximum absolute atomic E-state index is 12.4. The molecule has 128 valence electrons. The lowest BCUT2D eigenvalue weighted by atomic mass is 10.1. The highest BCUT2D eigenvalue weighted by molar-refractivity contribution is 6.05. The van der Waals surface area contributed by atoms with Gasteiger partial charge in [-0.2, -0.15) is 0 Å². The molecule has 0 radical (unpaired) electrons. The number of anilines is 1. The van der Waals surface area contributed by atoms with E-state index in [1.165, 1.54) is 9.80 Å². The summed E-state index contributed by atoms with van der Waals surface area (Å²) in [6.07, 6.45) is 3.15. The van der Waals surface area contributed by atoms with E-state index >= 15 is 0 Å². The molecule has 0 spiro atoms. The second-order valence-electron chi connectivity index (χ2n) is 5.86. The third-order valence-electron chi connectivity index (χ3n) is 4.12. The Morgan fingerprint density at radius 1 is 1.16 bits per heavy atom. The molecule has 0 saturated carbocycles. The second-order valence-corrected chi connectivity index (χ2v) is 5.86. The minimum atomic E-state index is -0.490. The number of hydrogen-bond donors (Lipinski definition) is 1. The van der Waals surface area contributed by atoms with Crippen LogP contribution in [0, 0.1) is 0 Å². The maximum atomic E-state index is 12.4. The van der Waals surface area contributed by atoms with Crippen LogP contribution >= 0.6 is 0 Å². The van der Waals surface area contributed by atoms with Crippen LogP contribution in [0.4, 0.5) is 10.5 Å². The van der Waals surface area contributed by atoms with Crippen molar-refractivity contribution in [2.24, 2.45) is 0 Å². The average molecular weight is 338 g/mol. The van der Waals surface area contributed by atoms with E-state index in [2.05, 4.69) is 10.3 Å². The zero-order chi connectivity index (χ0) is 18.0. The van der Waals surface area contributed by atoms with Gasteiger partial charge < -0.3 is 10.2 Å². The number of nitrogens with zero attached hydrogens (tertiary/aromatic N) is 3. The number of carbonyl (C=O) groups is 3. The molecular formula is C18H18N4O3. The highest BCUT2D eigenvalue weighted by Gasteiger charge is 2.34. The van der Waals surface area contributed by atoms with Gasteiger partial charge in [0.05, 0.1) is 6.54 Å². The standard InChI is InChI=1S/C18H18N4O3/c1-12-16(23)22(18(25)20-12)11-13-3-5-15(6-4-13)21(2)17(24)14-7-9-19-10-8-14/h3-10,12H,11H2,1-2H3,(H,20,25)/t12-/m1/s1. The van der Waals surface area contributed by atoms with Gasteiger partial charge in [-0.15, -0.1) is 0 Å². The van der Waals surface area contributed by atoms with Gasteiger partial charge in [-0.1, -0.05) is 12.1 Å². The molecule has 7 nitrogen and oxygen atoms in total. The SMILES string of the molecule is C[C@H]1NC(=O)N(Cc2ccc(N(C)C(=O)c3ccncc3)cc2)C1=O. The first kappa shape index (κ1) is 16.6. The molecule has 0 bridgehead atoms. The topological polar surface area (TPSA) is 82.6 Å². The van der Waals surface area contributed by atoms with Gasteiger partial charge in [0.2, 0.25) is 0 Å². The van der Waals surface area contributed by atoms with E-state index in [1.54, 1.807) is 62.8 Å². The molecule has 4 amide bonds. The Kier molecular flexibility index (Phi) is 4.47. The van der Waals surface area contributed by atoms with Crippen molar-refractivity contribution >= 4 is 23.5 Å². The molecule has 1 aromatic carbocycles. The van der Waals surface area contributed by atoms with E-state index in [-0.39, 0.29) is 24.4 Å². The molecular weight excluding hydrogens is 320 g/mol. The number of imide groups is 1. The molecule has 25 heavy (non-hydrogen) atoms. The van der Waals surface area contributed by atoms with Crippen LogP contribution < -0.4 is 10.2 Å². The quantitative estimate of drug-likeness (QED) is 0.862. The van der Waals surface area contributed by atoms with Crippen LogP contribution in [-0.4, -0.2) is 40.8 Å². The van der Waals surface area contributed by atoms with Gasteiger partial charge in [0.25, 0.3) is 11.8 Å². The predicted octanol–water partition coefficient (Wildman–Crippen LogP) is 1.80. The van der Waals surface area contributed by atoms with Crippen LogP contribution in [-0.2, 0) is 11.3 Å². The average Bonchev–Trinajstić information content (AvgIpc) is 2.88. The molecule has 0 aliphatic carbocycles. The van der Waals surface area contributed by atoms with E-state index in [0.29, 0.717) is 5.56 Å². The lowest BCUT2D eigenvalue weighted by molar-refractivity contribution is -0.127. The van der Waals surface area contributed by atoms with Gasteiger partial charge in [-0.25, -0.2) is 4.79 Å². The molecule has 0 unspecified atom stereocenters. The van der Waals surface area contributed by atoms with E-state index < -0.39 is 6.04 Å². The lowest BCUT2D eigenvalue weighted by Crippen LogP contribution is -2.30. The molecule has 1 aliphatic heterocycles. The zero-order valence-electron chi connectivity index (χ0n) is 14.0. The van der Waals surface area contributed by atoms with Crippen LogP contribution in [0.15, 0.2) is 48.8 Å². The summed E-state index contributed by atoms with van der Waals surface area (Å²) >= 11 is 0. The van der Waals surface area contributed by atoms with Gasteiger partial charge in [-0.05, 0) is 36.8 Å². The molecule has 1 aromatic heterocycles. The Hall–Kier alpha value is -3.22. The number of amides is 4. The van der Waals surface area contributed by atoms with E-state index in [0.717, 1.165) is 11.3 Å². The number of carbonyl (C=O) groups excluding carboxylic acids is 3. The summed E-state index contributed by atoms with van der Waals surface area (Å²) in [5.41, 5.74) is 2.08. The van der Waals surface area contributed by atoms with Crippen molar-refractivity contribution in [3.05, 3.63) is 59.9 Å². The summed E-state index contributed by atoms with van der Waals surface area (Å²) in [5.74, 6) is -0.378. The fraction of sp³-hybridized carbons (Fsp3) is 0.222. The Labute approximate surface area is 145 Å². The fourth-order valence-electron chi connectivity index (χ4n) is 2.62. The van der Waals surface area contributed by atoms with Crippen molar-refractivity contribution in [3.63, 3.8) is 0 Å². The van der Waals surface area contributed by atoms with Crippen LogP contribution in [0.1, 0.15) is 22.8 Å². The molecule has 1 N–H and O–H groups in total. The first-order chi connectivity index (χ1) is 12.0. The molecule has 1 fully saturated rings. The van der Waals surface area contributed by atoms with Crippen molar-refractivity contribution in [3.8, 4) is 0 Å². The monoisotopic (exact) mass is 338 g/mol. The number of benzene rings is 1. The highest BCUT2D eigenvalue weighted by atomic mass is 16.2. The van der Waals surface area contributed by atoms with Crippen LogP contribution in [0.5, 0.6) is 0 Å². The van der Waals surface area contributed by atoms with E-state index in [9.17, 15) is 14.4 Å². The Morgan fingerprint density at radius 3 is 2.36 bits per heavy atom. The van der Waals surface area contributed by atoms with Crippen molar-refractivity contribution in [1.29, 1.82) is 0 Å². The summed E-state index contributed by atoms with van der Waals surface area (Å²) in [6.45, 7) is 1.86. The van der Waals surface area contributed by atoms with Crippen molar-refractivity contribution in [1.82, 2.24) is 15.2 Å². The number of pyridine rings is 1. The van der Waals surface area contributed by atoms with Gasteiger partial charge >= 0.3 is 6.03 Å². The first-order valence-electron chi connectivity index (χ1n) is 7.86. The minimum absolute atomic E-state index is 0.141. The van der Waals surface area contributed by atoms with Gasteiger partial charge in [0.1, 0.15) is 6.04 Å². The van der Waals surface area contributed by atoms with E-state index in [1.807, 2.05) is 0 Å². The van der Waals surface area contributed by atoms with Crippen molar-refractivity contribution in [2.75, 3.05) is 11.9 Å². The second kappa shape index (κ2) is 6.72. The number of nitrogens with one attached hydrogen (secondary N) is 1. The molecule has 3 rings (SSSR count). The van der Waals surface area contributed by atoms with E-state index in [4.69, 9.17) is 0 Å². The number of aromatic nitrogens is 1. The maximum Gasteiger partial charge on any atom is 0.325 e. The van der Waals surface area contributed by atoms with Gasteiger partial charge in [0.15, 0.2) is 0 Å². The molecule has 2 heterocycles. The van der Waals surface area contributed by atoms with Crippen LogP contribution in [0.3, 0.4) is 0 Å². The molecule has 1 atom stereocenters. The largest absolute Gasteiger partial charge is 0.326 e. The highest BCUT2D eigenvalue weighted by Crippen LogP contribution is 2.18. The van der Waals surface area contributed by atoms with Crippen molar-refractivity contribution < 1.29 is 14.4 Å². The first-order valence-corrected chi connectivity index (χ1v) is 7.86. The minimum Gasteiger partial charge on any atom is -0.326 e. The summed E-state index contributed by atoms with van der Waals surface area (Å²) < 4.78 is 0. The summed E-state index contributed by atoms with van der Waals surface area (Å²) in [7, 11) is 1.69. The summed E-state index contributed by atoms with van der Waals surface area (Å²) in [4.78, 5) is 42.7. The zero-order valence-corrected chi connectivity index (χ0v) is 14.0. The Balaban J connectivity index is 1.71. The summed E-state index contributed by atoms with van der Waals surface area (Å²) in [6, 6.07) is 9.62. The summed E-state index contributed by atoms with van der Waals surface area (Å²) in [5, 5.41) is 2.58. The lowest BCUT2D eigenvalue weighted by Gasteiger charge is -2.18. The molecule has 1 aliphatic rings. The van der Waals surface area contributed by atoms with Crippen LogP contribution in [0.25, 0.3) is 0 Å². The third-order valence-corrected chi connectivity index (χ3v) is 4.12. The van der Waals surface area contributed by atoms with Crippen molar-refractivity contribution in [2.45, 2.75) is 19.5 Å². The molecule has 2 aromatic rings. The van der Waals surface area contributed by atoms with Crippen LogP contribution in [0.2, 0.25) is 0 Å². The normalized spacial score (nSPS) is 16.7. The predicted molar refractivity (Wildman–Crippen MR) is 92.0 cm³/mol. The molecule has 7 heteroatoms.